The lowest BCUT2D eigenvalue weighted by Crippen LogP contribution is -2.40. The van der Waals surface area contributed by atoms with E-state index in [2.05, 4.69) is 54.0 Å². The van der Waals surface area contributed by atoms with Crippen LogP contribution in [0.4, 0.5) is 11.5 Å². The van der Waals surface area contributed by atoms with Crippen molar-refractivity contribution in [1.29, 1.82) is 0 Å². The number of rotatable bonds is 5. The lowest BCUT2D eigenvalue weighted by molar-refractivity contribution is 0.0211. The number of hydrogen-bond acceptors (Lipinski definition) is 4. The van der Waals surface area contributed by atoms with Crippen molar-refractivity contribution in [3.8, 4) is 11.3 Å². The molecular weight excluding hydrogens is 298 g/mol. The van der Waals surface area contributed by atoms with Crippen LogP contribution < -0.4 is 10.6 Å². The molecule has 2 aliphatic rings. The molecule has 24 heavy (non-hydrogen) atoms. The SMILES string of the molecule is Cc1ccc(-c2ccc(NC3COC3)c(NC3CCCC3)n2)cc1. The van der Waals surface area contributed by atoms with E-state index in [0.717, 1.165) is 36.0 Å². The first-order valence-electron chi connectivity index (χ1n) is 8.97. The van der Waals surface area contributed by atoms with Crippen molar-refractivity contribution >= 4 is 11.5 Å². The Bertz CT molecular complexity index is 689. The van der Waals surface area contributed by atoms with Gasteiger partial charge < -0.3 is 15.4 Å². The zero-order chi connectivity index (χ0) is 16.4. The fourth-order valence-corrected chi connectivity index (χ4v) is 3.37. The van der Waals surface area contributed by atoms with Crippen LogP contribution in [0.5, 0.6) is 0 Å². The Morgan fingerprint density at radius 1 is 0.917 bits per heavy atom. The molecule has 2 heterocycles. The summed E-state index contributed by atoms with van der Waals surface area (Å²) in [5.74, 6) is 0.979. The van der Waals surface area contributed by atoms with Gasteiger partial charge >= 0.3 is 0 Å². The van der Waals surface area contributed by atoms with Gasteiger partial charge in [0.25, 0.3) is 0 Å². The number of hydrogen-bond donors (Lipinski definition) is 2. The van der Waals surface area contributed by atoms with Crippen LogP contribution in [0, 0.1) is 6.92 Å². The average molecular weight is 323 g/mol. The van der Waals surface area contributed by atoms with Gasteiger partial charge in [0, 0.05) is 11.6 Å². The van der Waals surface area contributed by atoms with Gasteiger partial charge in [-0.25, -0.2) is 4.98 Å². The van der Waals surface area contributed by atoms with Gasteiger partial charge in [-0.3, -0.25) is 0 Å². The summed E-state index contributed by atoms with van der Waals surface area (Å²) in [6, 6.07) is 13.8. The van der Waals surface area contributed by atoms with Crippen LogP contribution >= 0.6 is 0 Å². The third-order valence-corrected chi connectivity index (χ3v) is 4.94. The van der Waals surface area contributed by atoms with E-state index in [1.54, 1.807) is 0 Å². The first kappa shape index (κ1) is 15.5. The zero-order valence-corrected chi connectivity index (χ0v) is 14.2. The fourth-order valence-electron chi connectivity index (χ4n) is 3.37. The smallest absolute Gasteiger partial charge is 0.150 e. The van der Waals surface area contributed by atoms with Gasteiger partial charge in [0.15, 0.2) is 0 Å². The number of nitrogens with one attached hydrogen (secondary N) is 2. The Hall–Kier alpha value is -2.07. The number of anilines is 2. The highest BCUT2D eigenvalue weighted by Gasteiger charge is 2.22. The summed E-state index contributed by atoms with van der Waals surface area (Å²) in [5, 5.41) is 7.23. The number of ether oxygens (including phenoxy) is 1. The maximum absolute atomic E-state index is 5.28. The van der Waals surface area contributed by atoms with E-state index in [-0.39, 0.29) is 0 Å². The van der Waals surface area contributed by atoms with Crippen molar-refractivity contribution in [3.05, 3.63) is 42.0 Å². The Balaban J connectivity index is 1.61. The van der Waals surface area contributed by atoms with Gasteiger partial charge in [-0.2, -0.15) is 0 Å². The van der Waals surface area contributed by atoms with Gasteiger partial charge in [0.2, 0.25) is 0 Å². The van der Waals surface area contributed by atoms with Crippen LogP contribution in [0.25, 0.3) is 11.3 Å². The molecule has 4 nitrogen and oxygen atoms in total. The Kier molecular flexibility index (Phi) is 4.39. The molecule has 0 bridgehead atoms. The van der Waals surface area contributed by atoms with Crippen LogP contribution in [0.2, 0.25) is 0 Å². The van der Waals surface area contributed by atoms with E-state index in [1.807, 2.05) is 0 Å². The quantitative estimate of drug-likeness (QED) is 0.865. The molecular formula is C20H25N3O. The lowest BCUT2D eigenvalue weighted by Gasteiger charge is -2.29. The van der Waals surface area contributed by atoms with Crippen molar-refractivity contribution < 1.29 is 4.74 Å². The first-order chi connectivity index (χ1) is 11.8. The number of aryl methyl sites for hydroxylation is 1. The molecule has 1 aliphatic heterocycles. The van der Waals surface area contributed by atoms with Crippen molar-refractivity contribution in [2.45, 2.75) is 44.7 Å². The molecule has 126 valence electrons. The van der Waals surface area contributed by atoms with E-state index in [4.69, 9.17) is 9.72 Å². The van der Waals surface area contributed by atoms with Crippen LogP contribution in [0.3, 0.4) is 0 Å². The van der Waals surface area contributed by atoms with Crippen molar-refractivity contribution in [2.24, 2.45) is 0 Å². The summed E-state index contributed by atoms with van der Waals surface area (Å²) in [6.07, 6.45) is 5.11. The topological polar surface area (TPSA) is 46.2 Å². The molecule has 1 saturated carbocycles. The first-order valence-corrected chi connectivity index (χ1v) is 8.97. The maximum Gasteiger partial charge on any atom is 0.150 e. The molecule has 0 spiro atoms. The van der Waals surface area contributed by atoms with E-state index >= 15 is 0 Å². The standard InChI is InChI=1S/C20H25N3O/c1-14-6-8-15(9-7-14)18-10-11-19(21-17-12-24-13-17)20(23-18)22-16-4-2-3-5-16/h6-11,16-17,21H,2-5,12-13H2,1H3,(H,22,23). The molecule has 1 saturated heterocycles. The number of pyridine rings is 1. The predicted octanol–water partition coefficient (Wildman–Crippen LogP) is 4.22. The molecule has 0 unspecified atom stereocenters. The van der Waals surface area contributed by atoms with E-state index in [9.17, 15) is 0 Å². The van der Waals surface area contributed by atoms with Crippen LogP contribution in [0.15, 0.2) is 36.4 Å². The Morgan fingerprint density at radius 3 is 2.33 bits per heavy atom. The van der Waals surface area contributed by atoms with Gasteiger partial charge in [-0.1, -0.05) is 42.7 Å². The van der Waals surface area contributed by atoms with Gasteiger partial charge in [0.05, 0.1) is 30.6 Å². The molecule has 0 amide bonds. The predicted molar refractivity (Wildman–Crippen MR) is 98.5 cm³/mol. The summed E-state index contributed by atoms with van der Waals surface area (Å²) in [5.41, 5.74) is 4.54. The van der Waals surface area contributed by atoms with Gasteiger partial charge in [-0.05, 0) is 31.9 Å². The highest BCUT2D eigenvalue weighted by molar-refractivity contribution is 5.71. The maximum atomic E-state index is 5.28. The monoisotopic (exact) mass is 323 g/mol. The molecule has 2 fully saturated rings. The van der Waals surface area contributed by atoms with E-state index in [0.29, 0.717) is 12.1 Å². The summed E-state index contributed by atoms with van der Waals surface area (Å²) < 4.78 is 5.28. The highest BCUT2D eigenvalue weighted by Crippen LogP contribution is 2.30. The van der Waals surface area contributed by atoms with Crippen molar-refractivity contribution in [2.75, 3.05) is 23.8 Å². The molecule has 1 aromatic carbocycles. The molecule has 1 aliphatic carbocycles. The van der Waals surface area contributed by atoms with Crippen molar-refractivity contribution in [1.82, 2.24) is 4.98 Å². The van der Waals surface area contributed by atoms with Gasteiger partial charge in [0.1, 0.15) is 5.82 Å². The number of nitrogens with zero attached hydrogens (tertiary/aromatic N) is 1. The molecule has 4 rings (SSSR count). The number of benzene rings is 1. The third-order valence-electron chi connectivity index (χ3n) is 4.94. The second-order valence-electron chi connectivity index (χ2n) is 6.96. The van der Waals surface area contributed by atoms with E-state index in [1.165, 1.54) is 31.2 Å². The number of aromatic nitrogens is 1. The van der Waals surface area contributed by atoms with Crippen LogP contribution in [-0.4, -0.2) is 30.3 Å². The summed E-state index contributed by atoms with van der Waals surface area (Å²) in [6.45, 7) is 3.67. The molecule has 2 N–H and O–H groups in total. The largest absolute Gasteiger partial charge is 0.377 e. The highest BCUT2D eigenvalue weighted by atomic mass is 16.5. The second-order valence-corrected chi connectivity index (χ2v) is 6.96. The molecule has 1 aromatic heterocycles. The normalized spacial score (nSPS) is 18.4. The second kappa shape index (κ2) is 6.81. The van der Waals surface area contributed by atoms with Gasteiger partial charge in [-0.15, -0.1) is 0 Å². The minimum atomic E-state index is 0.404. The summed E-state index contributed by atoms with van der Waals surface area (Å²) in [4.78, 5) is 4.93. The van der Waals surface area contributed by atoms with Crippen LogP contribution in [-0.2, 0) is 4.74 Å². The van der Waals surface area contributed by atoms with Crippen molar-refractivity contribution in [3.63, 3.8) is 0 Å². The summed E-state index contributed by atoms with van der Waals surface area (Å²) >= 11 is 0. The fraction of sp³-hybridized carbons (Fsp3) is 0.450. The molecule has 0 radical (unpaired) electrons. The Labute approximate surface area is 143 Å². The van der Waals surface area contributed by atoms with E-state index < -0.39 is 0 Å². The summed E-state index contributed by atoms with van der Waals surface area (Å²) in [7, 11) is 0. The zero-order valence-electron chi connectivity index (χ0n) is 14.2. The minimum absolute atomic E-state index is 0.404. The minimum Gasteiger partial charge on any atom is -0.377 e. The molecule has 4 heteroatoms. The Morgan fingerprint density at radius 2 is 1.67 bits per heavy atom. The van der Waals surface area contributed by atoms with Crippen LogP contribution in [0.1, 0.15) is 31.2 Å². The molecule has 2 aromatic rings. The lowest BCUT2D eigenvalue weighted by atomic mass is 10.1. The molecule has 0 atom stereocenters. The third kappa shape index (κ3) is 3.39. The average Bonchev–Trinajstić information content (AvgIpc) is 3.06.